The Balaban J connectivity index is 0. The van der Waals surface area contributed by atoms with E-state index in [2.05, 4.69) is 10.3 Å². The molecule has 0 bridgehead atoms. The summed E-state index contributed by atoms with van der Waals surface area (Å²) in [6.07, 6.45) is 1.67. The van der Waals surface area contributed by atoms with E-state index < -0.39 is 0 Å². The number of nitrogens with one attached hydrogen (secondary N) is 1. The maximum atomic E-state index is 12.2. The Kier molecular flexibility index (Phi) is 9.64. The van der Waals surface area contributed by atoms with Crippen molar-refractivity contribution in [2.24, 2.45) is 5.73 Å². The SMILES string of the molecule is CCC(CC)(CN)NC(=O)c1sc(C)nc1C.Cl.Cl. The minimum atomic E-state index is -0.290. The molecule has 1 rings (SSSR count). The zero-order valence-corrected chi connectivity index (χ0v) is 14.2. The van der Waals surface area contributed by atoms with Gasteiger partial charge < -0.3 is 11.1 Å². The summed E-state index contributed by atoms with van der Waals surface area (Å²) in [6.45, 7) is 8.32. The highest BCUT2D eigenvalue weighted by Crippen LogP contribution is 2.20. The lowest BCUT2D eigenvalue weighted by molar-refractivity contribution is 0.0898. The zero-order valence-electron chi connectivity index (χ0n) is 11.8. The maximum absolute atomic E-state index is 12.2. The van der Waals surface area contributed by atoms with Crippen molar-refractivity contribution < 1.29 is 4.79 Å². The number of halogens is 2. The minimum absolute atomic E-state index is 0. The van der Waals surface area contributed by atoms with E-state index in [9.17, 15) is 4.79 Å². The van der Waals surface area contributed by atoms with Crippen LogP contribution in [0.3, 0.4) is 0 Å². The largest absolute Gasteiger partial charge is 0.345 e. The van der Waals surface area contributed by atoms with Crippen molar-refractivity contribution >= 4 is 42.1 Å². The fourth-order valence-electron chi connectivity index (χ4n) is 1.81. The number of amides is 1. The van der Waals surface area contributed by atoms with E-state index in [1.807, 2.05) is 27.7 Å². The summed E-state index contributed by atoms with van der Waals surface area (Å²) < 4.78 is 0. The molecule has 0 aliphatic rings. The van der Waals surface area contributed by atoms with Crippen LogP contribution in [0, 0.1) is 13.8 Å². The second kappa shape index (κ2) is 8.74. The first-order valence-electron chi connectivity index (χ1n) is 5.94. The third kappa shape index (κ3) is 4.91. The molecule has 112 valence electrons. The first-order valence-corrected chi connectivity index (χ1v) is 6.76. The summed E-state index contributed by atoms with van der Waals surface area (Å²) >= 11 is 1.43. The Bertz CT molecular complexity index is 397. The maximum Gasteiger partial charge on any atom is 0.263 e. The van der Waals surface area contributed by atoms with E-state index >= 15 is 0 Å². The van der Waals surface area contributed by atoms with Crippen molar-refractivity contribution in [1.29, 1.82) is 0 Å². The van der Waals surface area contributed by atoms with E-state index in [0.717, 1.165) is 23.5 Å². The number of aryl methyl sites for hydroxylation is 2. The van der Waals surface area contributed by atoms with Gasteiger partial charge in [-0.25, -0.2) is 4.98 Å². The topological polar surface area (TPSA) is 68.0 Å². The molecule has 3 N–H and O–H groups in total. The van der Waals surface area contributed by atoms with Crippen LogP contribution >= 0.6 is 36.2 Å². The second-order valence-corrected chi connectivity index (χ2v) is 5.50. The number of hydrogen-bond donors (Lipinski definition) is 2. The molecule has 1 aromatic heterocycles. The molecule has 7 heteroatoms. The molecule has 19 heavy (non-hydrogen) atoms. The molecule has 0 aromatic carbocycles. The standard InChI is InChI=1S/C12H21N3OS.2ClH/c1-5-12(6-2,7-13)15-11(16)10-8(3)14-9(4)17-10;;/h5-7,13H2,1-4H3,(H,15,16);2*1H. The molecule has 0 saturated carbocycles. The van der Waals surface area contributed by atoms with Crippen molar-refractivity contribution in [3.63, 3.8) is 0 Å². The normalized spacial score (nSPS) is 10.4. The van der Waals surface area contributed by atoms with Gasteiger partial charge in [-0.1, -0.05) is 13.8 Å². The average molecular weight is 328 g/mol. The average Bonchev–Trinajstić information content (AvgIpc) is 2.65. The van der Waals surface area contributed by atoms with Crippen molar-refractivity contribution in [2.45, 2.75) is 46.1 Å². The number of aromatic nitrogens is 1. The molecule has 1 aromatic rings. The van der Waals surface area contributed by atoms with Crippen molar-refractivity contribution in [1.82, 2.24) is 10.3 Å². The Morgan fingerprint density at radius 2 is 1.84 bits per heavy atom. The molecule has 0 aliphatic carbocycles. The summed E-state index contributed by atoms with van der Waals surface area (Å²) in [5, 5.41) is 3.97. The van der Waals surface area contributed by atoms with Gasteiger partial charge in [-0.3, -0.25) is 4.79 Å². The van der Waals surface area contributed by atoms with Crippen LogP contribution in [-0.4, -0.2) is 23.0 Å². The van der Waals surface area contributed by atoms with Gasteiger partial charge in [-0.15, -0.1) is 36.2 Å². The second-order valence-electron chi connectivity index (χ2n) is 4.29. The quantitative estimate of drug-likeness (QED) is 0.873. The lowest BCUT2D eigenvalue weighted by Crippen LogP contribution is -2.52. The minimum Gasteiger partial charge on any atom is -0.345 e. The Morgan fingerprint density at radius 1 is 1.32 bits per heavy atom. The Labute approximate surface area is 131 Å². The predicted octanol–water partition coefficient (Wildman–Crippen LogP) is 2.85. The first kappa shape index (κ1) is 20.9. The molecule has 0 atom stereocenters. The number of hydrogen-bond acceptors (Lipinski definition) is 4. The molecule has 0 spiro atoms. The fourth-order valence-corrected chi connectivity index (χ4v) is 2.62. The summed E-state index contributed by atoms with van der Waals surface area (Å²) in [6, 6.07) is 0. The smallest absolute Gasteiger partial charge is 0.263 e. The first-order chi connectivity index (χ1) is 7.98. The van der Waals surface area contributed by atoms with Crippen LogP contribution < -0.4 is 11.1 Å². The highest BCUT2D eigenvalue weighted by molar-refractivity contribution is 7.13. The van der Waals surface area contributed by atoms with Gasteiger partial charge in [0.05, 0.1) is 16.2 Å². The van der Waals surface area contributed by atoms with E-state index in [1.54, 1.807) is 0 Å². The molecule has 1 amide bonds. The molecule has 4 nitrogen and oxygen atoms in total. The summed E-state index contributed by atoms with van der Waals surface area (Å²) in [7, 11) is 0. The van der Waals surface area contributed by atoms with Crippen LogP contribution in [0.2, 0.25) is 0 Å². The molecular weight excluding hydrogens is 305 g/mol. The molecule has 0 aliphatic heterocycles. The van der Waals surface area contributed by atoms with E-state index in [-0.39, 0.29) is 36.3 Å². The highest BCUT2D eigenvalue weighted by atomic mass is 35.5. The molecule has 0 unspecified atom stereocenters. The number of thiazole rings is 1. The van der Waals surface area contributed by atoms with E-state index in [4.69, 9.17) is 5.73 Å². The van der Waals surface area contributed by atoms with Crippen LogP contribution in [0.15, 0.2) is 0 Å². The number of rotatable bonds is 5. The summed E-state index contributed by atoms with van der Waals surface area (Å²) in [4.78, 5) is 17.1. The van der Waals surface area contributed by atoms with Crippen molar-refractivity contribution in [3.05, 3.63) is 15.6 Å². The monoisotopic (exact) mass is 327 g/mol. The van der Waals surface area contributed by atoms with Gasteiger partial charge in [0.1, 0.15) is 4.88 Å². The third-order valence-electron chi connectivity index (χ3n) is 3.23. The van der Waals surface area contributed by atoms with Gasteiger partial charge in [0.25, 0.3) is 5.91 Å². The lowest BCUT2D eigenvalue weighted by atomic mass is 9.93. The Hall–Kier alpha value is -0.360. The summed E-state index contributed by atoms with van der Waals surface area (Å²) in [5.41, 5.74) is 6.28. The van der Waals surface area contributed by atoms with Gasteiger partial charge in [-0.05, 0) is 26.7 Å². The van der Waals surface area contributed by atoms with Gasteiger partial charge in [0, 0.05) is 6.54 Å². The molecule has 0 radical (unpaired) electrons. The third-order valence-corrected chi connectivity index (χ3v) is 4.30. The van der Waals surface area contributed by atoms with Crippen LogP contribution in [0.4, 0.5) is 0 Å². The molecular formula is C12H23Cl2N3OS. The number of carbonyl (C=O) groups is 1. The number of carbonyl (C=O) groups excluding carboxylic acids is 1. The molecule has 1 heterocycles. The number of nitrogens with zero attached hydrogens (tertiary/aromatic N) is 1. The molecule has 0 fully saturated rings. The number of nitrogens with two attached hydrogens (primary N) is 1. The predicted molar refractivity (Wildman–Crippen MR) is 85.9 cm³/mol. The summed E-state index contributed by atoms with van der Waals surface area (Å²) in [5.74, 6) is -0.0535. The zero-order chi connectivity index (χ0) is 13.1. The highest BCUT2D eigenvalue weighted by Gasteiger charge is 2.28. The molecule has 0 saturated heterocycles. The van der Waals surface area contributed by atoms with Crippen LogP contribution in [0.1, 0.15) is 47.1 Å². The Morgan fingerprint density at radius 3 is 2.16 bits per heavy atom. The van der Waals surface area contributed by atoms with E-state index in [1.165, 1.54) is 11.3 Å². The van der Waals surface area contributed by atoms with E-state index in [0.29, 0.717) is 11.4 Å². The van der Waals surface area contributed by atoms with Crippen molar-refractivity contribution in [2.75, 3.05) is 6.54 Å². The van der Waals surface area contributed by atoms with Gasteiger partial charge >= 0.3 is 0 Å². The van der Waals surface area contributed by atoms with Crippen LogP contribution in [0.5, 0.6) is 0 Å². The van der Waals surface area contributed by atoms with Gasteiger partial charge in [-0.2, -0.15) is 0 Å². The van der Waals surface area contributed by atoms with Crippen LogP contribution in [0.25, 0.3) is 0 Å². The van der Waals surface area contributed by atoms with Gasteiger partial charge in [0.15, 0.2) is 0 Å². The fraction of sp³-hybridized carbons (Fsp3) is 0.667. The van der Waals surface area contributed by atoms with Crippen LogP contribution in [-0.2, 0) is 0 Å². The van der Waals surface area contributed by atoms with Crippen molar-refractivity contribution in [3.8, 4) is 0 Å². The van der Waals surface area contributed by atoms with Gasteiger partial charge in [0.2, 0.25) is 0 Å². The lowest BCUT2D eigenvalue weighted by Gasteiger charge is -2.31.